The van der Waals surface area contributed by atoms with Crippen molar-refractivity contribution in [3.8, 4) is 11.5 Å². The van der Waals surface area contributed by atoms with Crippen LogP contribution in [0.25, 0.3) is 16.5 Å². The first-order chi connectivity index (χ1) is 7.33. The first kappa shape index (κ1) is 9.43. The molecule has 0 saturated heterocycles. The smallest absolute Gasteiger partial charge is 0.130 e. The first-order valence-electron chi connectivity index (χ1n) is 4.40. The zero-order chi connectivity index (χ0) is 10.7. The molecule has 2 rings (SSSR count). The Balaban J connectivity index is 2.39. The van der Waals surface area contributed by atoms with Gasteiger partial charge in [-0.3, -0.25) is 0 Å². The molecule has 0 unspecified atom stereocenters. The molecule has 15 heavy (non-hydrogen) atoms. The van der Waals surface area contributed by atoms with Gasteiger partial charge in [-0.05, 0) is 23.7 Å². The van der Waals surface area contributed by atoms with Crippen LogP contribution in [0.2, 0.25) is 0 Å². The number of azide groups is 1. The minimum absolute atomic E-state index is 0.296. The van der Waals surface area contributed by atoms with E-state index in [-0.39, 0.29) is 0 Å². The van der Waals surface area contributed by atoms with Crippen LogP contribution >= 0.6 is 0 Å². The highest BCUT2D eigenvalue weighted by molar-refractivity contribution is 5.63. The maximum Gasteiger partial charge on any atom is 0.130 e. The lowest BCUT2D eigenvalue weighted by Crippen LogP contribution is -2.05. The fraction of sp³-hybridized carbons (Fsp3) is 0.200. The van der Waals surface area contributed by atoms with Crippen molar-refractivity contribution in [2.24, 2.45) is 5.11 Å². The summed E-state index contributed by atoms with van der Waals surface area (Å²) in [4.78, 5) is 2.72. The zero-order valence-corrected chi connectivity index (χ0v) is 8.17. The third-order valence-electron chi connectivity index (χ3n) is 2.09. The molecule has 0 spiro atoms. The van der Waals surface area contributed by atoms with Crippen LogP contribution in [0.1, 0.15) is 5.56 Å². The predicted molar refractivity (Wildman–Crippen MR) is 55.6 cm³/mol. The molecule has 5 heteroatoms. The van der Waals surface area contributed by atoms with Crippen molar-refractivity contribution in [1.29, 1.82) is 0 Å². The number of nitrogens with zero attached hydrogens (tertiary/aromatic N) is 3. The highest BCUT2D eigenvalue weighted by Gasteiger charge is 2.10. The van der Waals surface area contributed by atoms with Gasteiger partial charge in [0.15, 0.2) is 0 Å². The molecule has 0 N–H and O–H groups in total. The lowest BCUT2D eigenvalue weighted by Gasteiger charge is -2.15. The Morgan fingerprint density at radius 2 is 2.40 bits per heavy atom. The van der Waals surface area contributed by atoms with Gasteiger partial charge in [0.1, 0.15) is 18.1 Å². The van der Waals surface area contributed by atoms with E-state index < -0.39 is 0 Å². The van der Waals surface area contributed by atoms with Gasteiger partial charge in [0, 0.05) is 16.5 Å². The standard InChI is InChI=1S/C10H9N3O2/c1-14-9-3-2-7-4-8(12-13-11)6-15-10(7)5-9/h2-5H,6H2,1H3. The SMILES string of the molecule is COc1ccc2c(c1)OCC(N=[N+]=[N-])=C2. The van der Waals surface area contributed by atoms with E-state index in [0.717, 1.165) is 17.1 Å². The number of rotatable bonds is 2. The Hall–Kier alpha value is -2.13. The monoisotopic (exact) mass is 203 g/mol. The molecule has 0 fully saturated rings. The molecule has 1 heterocycles. The average molecular weight is 203 g/mol. The summed E-state index contributed by atoms with van der Waals surface area (Å²) in [5.74, 6) is 1.49. The van der Waals surface area contributed by atoms with E-state index in [9.17, 15) is 0 Å². The second-order valence-electron chi connectivity index (χ2n) is 3.02. The van der Waals surface area contributed by atoms with Crippen molar-refractivity contribution in [3.05, 3.63) is 39.9 Å². The van der Waals surface area contributed by atoms with Crippen LogP contribution in [0.3, 0.4) is 0 Å². The van der Waals surface area contributed by atoms with Gasteiger partial charge in [0.25, 0.3) is 0 Å². The van der Waals surface area contributed by atoms with Crippen LogP contribution in [-0.4, -0.2) is 13.7 Å². The topological polar surface area (TPSA) is 67.2 Å². The lowest BCUT2D eigenvalue weighted by atomic mass is 10.1. The Morgan fingerprint density at radius 3 is 3.13 bits per heavy atom. The normalized spacial score (nSPS) is 13.0. The minimum atomic E-state index is 0.296. The Morgan fingerprint density at radius 1 is 1.53 bits per heavy atom. The molecule has 0 bridgehead atoms. The molecule has 1 aromatic carbocycles. The maximum absolute atomic E-state index is 8.29. The molecule has 0 atom stereocenters. The van der Waals surface area contributed by atoms with Gasteiger partial charge < -0.3 is 9.47 Å². The molecule has 0 aliphatic carbocycles. The van der Waals surface area contributed by atoms with Crippen molar-refractivity contribution in [2.45, 2.75) is 0 Å². The quantitative estimate of drug-likeness (QED) is 0.421. The van der Waals surface area contributed by atoms with Gasteiger partial charge in [-0.15, -0.1) is 0 Å². The Kier molecular flexibility index (Phi) is 2.48. The summed E-state index contributed by atoms with van der Waals surface area (Å²) in [6.45, 7) is 0.296. The van der Waals surface area contributed by atoms with E-state index >= 15 is 0 Å². The van der Waals surface area contributed by atoms with Crippen LogP contribution in [0.5, 0.6) is 11.5 Å². The minimum Gasteiger partial charge on any atom is -0.497 e. The summed E-state index contributed by atoms with van der Waals surface area (Å²) in [5, 5.41) is 3.51. The summed E-state index contributed by atoms with van der Waals surface area (Å²) < 4.78 is 10.5. The number of ether oxygens (including phenoxy) is 2. The molecular weight excluding hydrogens is 194 g/mol. The number of hydrogen-bond donors (Lipinski definition) is 0. The lowest BCUT2D eigenvalue weighted by molar-refractivity contribution is 0.341. The second kappa shape index (κ2) is 3.94. The average Bonchev–Trinajstić information content (AvgIpc) is 2.29. The van der Waals surface area contributed by atoms with Crippen molar-refractivity contribution >= 4 is 6.08 Å². The Labute approximate surface area is 86.6 Å². The van der Waals surface area contributed by atoms with E-state index in [1.54, 1.807) is 19.3 Å². The van der Waals surface area contributed by atoms with E-state index in [2.05, 4.69) is 10.0 Å². The predicted octanol–water partition coefficient (Wildman–Crippen LogP) is 2.74. The summed E-state index contributed by atoms with van der Waals surface area (Å²) in [6, 6.07) is 5.50. The molecule has 1 aliphatic rings. The van der Waals surface area contributed by atoms with E-state index in [0.29, 0.717) is 12.3 Å². The van der Waals surface area contributed by atoms with Gasteiger partial charge in [-0.1, -0.05) is 5.11 Å². The van der Waals surface area contributed by atoms with Crippen LogP contribution < -0.4 is 9.47 Å². The summed E-state index contributed by atoms with van der Waals surface area (Å²) in [5.41, 5.74) is 9.76. The van der Waals surface area contributed by atoms with E-state index in [1.807, 2.05) is 12.1 Å². The zero-order valence-electron chi connectivity index (χ0n) is 8.17. The van der Waals surface area contributed by atoms with Crippen LogP contribution in [-0.2, 0) is 0 Å². The largest absolute Gasteiger partial charge is 0.497 e. The van der Waals surface area contributed by atoms with E-state index in [4.69, 9.17) is 15.0 Å². The molecule has 0 aromatic heterocycles. The van der Waals surface area contributed by atoms with Crippen molar-refractivity contribution in [1.82, 2.24) is 0 Å². The second-order valence-corrected chi connectivity index (χ2v) is 3.02. The number of hydrogen-bond acceptors (Lipinski definition) is 3. The number of methoxy groups -OCH3 is 1. The van der Waals surface area contributed by atoms with Crippen molar-refractivity contribution in [3.63, 3.8) is 0 Å². The third kappa shape index (κ3) is 1.87. The van der Waals surface area contributed by atoms with Crippen LogP contribution in [0.4, 0.5) is 0 Å². The number of benzene rings is 1. The third-order valence-corrected chi connectivity index (χ3v) is 2.09. The fourth-order valence-electron chi connectivity index (χ4n) is 1.37. The molecular formula is C10H9N3O2. The Bertz CT molecular complexity index is 462. The highest BCUT2D eigenvalue weighted by Crippen LogP contribution is 2.30. The van der Waals surface area contributed by atoms with Crippen LogP contribution in [0.15, 0.2) is 29.0 Å². The molecule has 5 nitrogen and oxygen atoms in total. The maximum atomic E-state index is 8.29. The van der Waals surface area contributed by atoms with Gasteiger partial charge in [-0.2, -0.15) is 0 Å². The fourth-order valence-corrected chi connectivity index (χ4v) is 1.37. The molecule has 1 aliphatic heterocycles. The first-order valence-corrected chi connectivity index (χ1v) is 4.40. The van der Waals surface area contributed by atoms with Gasteiger partial charge in [0.05, 0.1) is 12.8 Å². The van der Waals surface area contributed by atoms with Gasteiger partial charge in [0.2, 0.25) is 0 Å². The summed E-state index contributed by atoms with van der Waals surface area (Å²) >= 11 is 0. The molecule has 0 amide bonds. The number of fused-ring (bicyclic) bond motifs is 1. The van der Waals surface area contributed by atoms with Crippen LogP contribution in [0, 0.1) is 0 Å². The van der Waals surface area contributed by atoms with Gasteiger partial charge >= 0.3 is 0 Å². The molecule has 1 aromatic rings. The van der Waals surface area contributed by atoms with Crippen molar-refractivity contribution < 1.29 is 9.47 Å². The highest BCUT2D eigenvalue weighted by atomic mass is 16.5. The molecule has 76 valence electrons. The molecule has 0 saturated carbocycles. The summed E-state index contributed by atoms with van der Waals surface area (Å²) in [6.07, 6.45) is 1.80. The van der Waals surface area contributed by atoms with Crippen molar-refractivity contribution in [2.75, 3.05) is 13.7 Å². The summed E-state index contributed by atoms with van der Waals surface area (Å²) in [7, 11) is 1.60. The van der Waals surface area contributed by atoms with E-state index in [1.165, 1.54) is 0 Å². The van der Waals surface area contributed by atoms with Gasteiger partial charge in [-0.25, -0.2) is 0 Å². The molecule has 0 radical (unpaired) electrons.